The summed E-state index contributed by atoms with van der Waals surface area (Å²) in [5.41, 5.74) is 1.11. The number of hydrogen-bond donors (Lipinski definition) is 2. The van der Waals surface area contributed by atoms with Crippen molar-refractivity contribution in [2.24, 2.45) is 0 Å². The molecule has 1 aromatic carbocycles. The Kier molecular flexibility index (Phi) is 3.52. The van der Waals surface area contributed by atoms with Gasteiger partial charge < -0.3 is 5.11 Å². The predicted molar refractivity (Wildman–Crippen MR) is 73.1 cm³/mol. The summed E-state index contributed by atoms with van der Waals surface area (Å²) < 4.78 is 0.724. The first-order valence-electron chi connectivity index (χ1n) is 5.32. The van der Waals surface area contributed by atoms with E-state index in [2.05, 4.69) is 21.2 Å². The molecule has 2 rings (SSSR count). The number of nitrogens with one attached hydrogen (secondary N) is 1. The second-order valence-electron chi connectivity index (χ2n) is 4.59. The van der Waals surface area contributed by atoms with Gasteiger partial charge in [0.05, 0.1) is 5.37 Å². The van der Waals surface area contributed by atoms with Gasteiger partial charge in [-0.3, -0.25) is 10.1 Å². The number of benzene rings is 1. The van der Waals surface area contributed by atoms with E-state index in [1.165, 1.54) is 0 Å². The Bertz CT molecular complexity index is 433. The summed E-state index contributed by atoms with van der Waals surface area (Å²) >= 11 is 5.05. The van der Waals surface area contributed by atoms with E-state index in [4.69, 9.17) is 0 Å². The lowest BCUT2D eigenvalue weighted by Crippen LogP contribution is -2.43. The molecule has 17 heavy (non-hydrogen) atoms. The number of aliphatic carboxylic acids is 1. The predicted octanol–water partition coefficient (Wildman–Crippen LogP) is 3.02. The standard InChI is InChI=1S/C12H14BrNO2S/c1-12(2)9(11(15)16)14-10(17-12)7-3-5-8(13)6-4-7/h3-6,9-10,14H,1-2H3,(H,15,16). The van der Waals surface area contributed by atoms with Crippen molar-refractivity contribution in [3.05, 3.63) is 34.3 Å². The van der Waals surface area contributed by atoms with Gasteiger partial charge in [-0.05, 0) is 31.5 Å². The van der Waals surface area contributed by atoms with E-state index < -0.39 is 12.0 Å². The Hall–Kier alpha value is -0.520. The van der Waals surface area contributed by atoms with Gasteiger partial charge in [-0.15, -0.1) is 11.8 Å². The van der Waals surface area contributed by atoms with E-state index in [-0.39, 0.29) is 10.1 Å². The minimum Gasteiger partial charge on any atom is -0.480 e. The van der Waals surface area contributed by atoms with Crippen LogP contribution in [-0.2, 0) is 4.79 Å². The van der Waals surface area contributed by atoms with Crippen LogP contribution in [0.4, 0.5) is 0 Å². The first-order valence-corrected chi connectivity index (χ1v) is 6.99. The van der Waals surface area contributed by atoms with Crippen molar-refractivity contribution in [3.8, 4) is 0 Å². The number of thioether (sulfide) groups is 1. The third-order valence-corrected chi connectivity index (χ3v) is 4.87. The minimum absolute atomic E-state index is 0.0409. The Morgan fingerprint density at radius 3 is 2.47 bits per heavy atom. The number of hydrogen-bond acceptors (Lipinski definition) is 3. The molecule has 0 aliphatic carbocycles. The average molecular weight is 316 g/mol. The number of halogens is 1. The fraction of sp³-hybridized carbons (Fsp3) is 0.417. The molecule has 0 aromatic heterocycles. The minimum atomic E-state index is -0.790. The normalized spacial score (nSPS) is 27.0. The average Bonchev–Trinajstić information content (AvgIpc) is 2.55. The molecule has 2 unspecified atom stereocenters. The largest absolute Gasteiger partial charge is 0.480 e. The maximum Gasteiger partial charge on any atom is 0.322 e. The molecule has 1 aromatic rings. The molecule has 0 saturated carbocycles. The van der Waals surface area contributed by atoms with Crippen molar-refractivity contribution in [3.63, 3.8) is 0 Å². The van der Waals surface area contributed by atoms with Crippen LogP contribution in [0.25, 0.3) is 0 Å². The summed E-state index contributed by atoms with van der Waals surface area (Å²) in [6.07, 6.45) is 0. The summed E-state index contributed by atoms with van der Waals surface area (Å²) in [6.45, 7) is 3.92. The van der Waals surface area contributed by atoms with Crippen LogP contribution in [0.1, 0.15) is 24.8 Å². The molecule has 1 fully saturated rings. The van der Waals surface area contributed by atoms with E-state index >= 15 is 0 Å². The van der Waals surface area contributed by atoms with Gasteiger partial charge in [-0.1, -0.05) is 28.1 Å². The zero-order valence-electron chi connectivity index (χ0n) is 9.61. The van der Waals surface area contributed by atoms with E-state index in [9.17, 15) is 9.90 Å². The number of carbonyl (C=O) groups is 1. The van der Waals surface area contributed by atoms with Crippen LogP contribution in [0.2, 0.25) is 0 Å². The van der Waals surface area contributed by atoms with Gasteiger partial charge in [0.1, 0.15) is 6.04 Å². The summed E-state index contributed by atoms with van der Waals surface area (Å²) in [6, 6.07) is 7.45. The lowest BCUT2D eigenvalue weighted by molar-refractivity contribution is -0.139. The highest BCUT2D eigenvalue weighted by atomic mass is 79.9. The molecule has 0 radical (unpaired) electrons. The molecule has 2 atom stereocenters. The van der Waals surface area contributed by atoms with Crippen molar-refractivity contribution in [1.82, 2.24) is 5.32 Å². The molecule has 2 N–H and O–H groups in total. The molecule has 1 heterocycles. The molecule has 0 bridgehead atoms. The fourth-order valence-corrected chi connectivity index (χ4v) is 3.60. The molecule has 3 nitrogen and oxygen atoms in total. The van der Waals surface area contributed by atoms with Gasteiger partial charge in [0, 0.05) is 9.22 Å². The maximum absolute atomic E-state index is 11.2. The van der Waals surface area contributed by atoms with Crippen LogP contribution in [0.3, 0.4) is 0 Å². The molecular formula is C12H14BrNO2S. The summed E-state index contributed by atoms with van der Waals surface area (Å²) in [5, 5.41) is 12.4. The van der Waals surface area contributed by atoms with Crippen LogP contribution in [0, 0.1) is 0 Å². The highest BCUT2D eigenvalue weighted by Crippen LogP contribution is 2.45. The summed E-state index contributed by atoms with van der Waals surface area (Å²) in [5.74, 6) is -0.790. The third kappa shape index (κ3) is 2.67. The summed E-state index contributed by atoms with van der Waals surface area (Å²) in [7, 11) is 0. The van der Waals surface area contributed by atoms with Gasteiger partial charge in [0.25, 0.3) is 0 Å². The van der Waals surface area contributed by atoms with Crippen molar-refractivity contribution in [2.75, 3.05) is 0 Å². The SMILES string of the molecule is CC1(C)SC(c2ccc(Br)cc2)NC1C(=O)O. The molecular weight excluding hydrogens is 302 g/mol. The highest BCUT2D eigenvalue weighted by Gasteiger charge is 2.45. The Morgan fingerprint density at radius 1 is 1.41 bits per heavy atom. The van der Waals surface area contributed by atoms with Crippen LogP contribution in [0.5, 0.6) is 0 Å². The lowest BCUT2D eigenvalue weighted by Gasteiger charge is -2.20. The van der Waals surface area contributed by atoms with Crippen molar-refractivity contribution < 1.29 is 9.90 Å². The van der Waals surface area contributed by atoms with E-state index in [0.717, 1.165) is 10.0 Å². The van der Waals surface area contributed by atoms with Crippen LogP contribution in [-0.4, -0.2) is 21.9 Å². The Balaban J connectivity index is 2.21. The van der Waals surface area contributed by atoms with Gasteiger partial charge in [-0.2, -0.15) is 0 Å². The lowest BCUT2D eigenvalue weighted by atomic mass is 10.0. The first kappa shape index (κ1) is 12.9. The van der Waals surface area contributed by atoms with Crippen LogP contribution < -0.4 is 5.32 Å². The molecule has 1 aliphatic rings. The molecule has 0 amide bonds. The molecule has 1 saturated heterocycles. The maximum atomic E-state index is 11.2. The van der Waals surface area contributed by atoms with Crippen LogP contribution in [0.15, 0.2) is 28.7 Å². The Morgan fingerprint density at radius 2 is 2.00 bits per heavy atom. The van der Waals surface area contributed by atoms with Crippen molar-refractivity contribution in [1.29, 1.82) is 0 Å². The van der Waals surface area contributed by atoms with Gasteiger partial charge in [0.2, 0.25) is 0 Å². The van der Waals surface area contributed by atoms with Gasteiger partial charge >= 0.3 is 5.97 Å². The zero-order chi connectivity index (χ0) is 12.6. The van der Waals surface area contributed by atoms with E-state index in [1.807, 2.05) is 38.1 Å². The highest BCUT2D eigenvalue weighted by molar-refractivity contribution is 9.10. The fourth-order valence-electron chi connectivity index (χ4n) is 1.93. The van der Waals surface area contributed by atoms with Crippen LogP contribution >= 0.6 is 27.7 Å². The first-order chi connectivity index (χ1) is 7.90. The van der Waals surface area contributed by atoms with Crippen molar-refractivity contribution in [2.45, 2.75) is 30.0 Å². The topological polar surface area (TPSA) is 49.3 Å². The molecule has 92 valence electrons. The van der Waals surface area contributed by atoms with E-state index in [0.29, 0.717) is 0 Å². The third-order valence-electron chi connectivity index (χ3n) is 2.85. The van der Waals surface area contributed by atoms with Gasteiger partial charge in [-0.25, -0.2) is 0 Å². The zero-order valence-corrected chi connectivity index (χ0v) is 12.0. The number of carboxylic acids is 1. The second kappa shape index (κ2) is 4.63. The molecule has 1 aliphatic heterocycles. The second-order valence-corrected chi connectivity index (χ2v) is 7.27. The molecule has 0 spiro atoms. The number of carboxylic acid groups (broad SMARTS) is 1. The molecule has 5 heteroatoms. The smallest absolute Gasteiger partial charge is 0.322 e. The van der Waals surface area contributed by atoms with Crippen molar-refractivity contribution >= 4 is 33.7 Å². The quantitative estimate of drug-likeness (QED) is 0.880. The van der Waals surface area contributed by atoms with E-state index in [1.54, 1.807) is 11.8 Å². The summed E-state index contributed by atoms with van der Waals surface area (Å²) in [4.78, 5) is 11.2. The number of rotatable bonds is 2. The monoisotopic (exact) mass is 315 g/mol. The Labute approximate surface area is 113 Å². The van der Waals surface area contributed by atoms with Gasteiger partial charge in [0.15, 0.2) is 0 Å².